The number of allylic oxidation sites excluding steroid dienone is 4. The summed E-state index contributed by atoms with van der Waals surface area (Å²) < 4.78 is 0. The molecule has 3 unspecified atom stereocenters. The molecule has 1 aromatic carbocycles. The molecule has 4 rings (SSSR count). The van der Waals surface area contributed by atoms with E-state index >= 15 is 0 Å². The average molecular weight is 418 g/mol. The van der Waals surface area contributed by atoms with Crippen LogP contribution in [0.1, 0.15) is 102 Å². The highest BCUT2D eigenvalue weighted by Gasteiger charge is 2.50. The van der Waals surface area contributed by atoms with Gasteiger partial charge in [-0.1, -0.05) is 77.0 Å². The van der Waals surface area contributed by atoms with Crippen LogP contribution >= 0.6 is 0 Å². The first-order chi connectivity index (χ1) is 15.0. The van der Waals surface area contributed by atoms with E-state index in [0.29, 0.717) is 17.3 Å². The molecule has 0 radical (unpaired) electrons. The van der Waals surface area contributed by atoms with Gasteiger partial charge in [-0.25, -0.2) is 0 Å². The Morgan fingerprint density at radius 1 is 1.19 bits per heavy atom. The maximum atomic E-state index is 3.39. The summed E-state index contributed by atoms with van der Waals surface area (Å²) in [5, 5.41) is 3.39. The highest BCUT2D eigenvalue weighted by atomic mass is 14.8. The fourth-order valence-electron chi connectivity index (χ4n) is 7.06. The molecule has 2 aliphatic carbocycles. The summed E-state index contributed by atoms with van der Waals surface area (Å²) in [7, 11) is 0. The Bertz CT molecular complexity index is 868. The van der Waals surface area contributed by atoms with Crippen molar-refractivity contribution in [3.8, 4) is 0 Å². The summed E-state index contributed by atoms with van der Waals surface area (Å²) in [5.74, 6) is 2.92. The minimum Gasteiger partial charge on any atom is -0.387 e. The van der Waals surface area contributed by atoms with Crippen LogP contribution in [-0.4, -0.2) is 0 Å². The monoisotopic (exact) mass is 417 g/mol. The van der Waals surface area contributed by atoms with E-state index in [1.165, 1.54) is 56.1 Å². The molecule has 3 aliphatic rings. The lowest BCUT2D eigenvalue weighted by Crippen LogP contribution is -2.34. The third-order valence-electron chi connectivity index (χ3n) is 8.96. The molecule has 4 atom stereocenters. The van der Waals surface area contributed by atoms with Crippen LogP contribution in [0.2, 0.25) is 0 Å². The van der Waals surface area contributed by atoms with Crippen molar-refractivity contribution in [2.75, 3.05) is 0 Å². The molecule has 0 amide bonds. The summed E-state index contributed by atoms with van der Waals surface area (Å²) in [6.07, 6.45) is 18.6. The highest BCUT2D eigenvalue weighted by molar-refractivity contribution is 5.57. The summed E-state index contributed by atoms with van der Waals surface area (Å²) in [5.41, 5.74) is 8.16. The quantitative estimate of drug-likeness (QED) is 0.469. The van der Waals surface area contributed by atoms with Crippen LogP contribution in [-0.2, 0) is 6.54 Å². The van der Waals surface area contributed by atoms with E-state index in [9.17, 15) is 0 Å². The fourth-order valence-corrected chi connectivity index (χ4v) is 7.06. The van der Waals surface area contributed by atoms with Gasteiger partial charge in [0.05, 0.1) is 0 Å². The van der Waals surface area contributed by atoms with Crippen molar-refractivity contribution in [3.63, 3.8) is 0 Å². The van der Waals surface area contributed by atoms with E-state index in [4.69, 9.17) is 0 Å². The van der Waals surface area contributed by atoms with Crippen LogP contribution in [0.4, 0.5) is 0 Å². The minimum atomic E-state index is 0.392. The average Bonchev–Trinajstić information content (AvgIpc) is 3.14. The van der Waals surface area contributed by atoms with Crippen molar-refractivity contribution < 1.29 is 0 Å². The molecule has 0 saturated heterocycles. The Hall–Kier alpha value is -1.76. The second-order valence-corrected chi connectivity index (χ2v) is 10.6. The van der Waals surface area contributed by atoms with Gasteiger partial charge in [0.15, 0.2) is 0 Å². The molecule has 0 aromatic heterocycles. The van der Waals surface area contributed by atoms with Gasteiger partial charge in [-0.15, -0.1) is 0 Å². The van der Waals surface area contributed by atoms with Crippen LogP contribution < -0.4 is 5.32 Å². The van der Waals surface area contributed by atoms with E-state index in [-0.39, 0.29) is 0 Å². The Morgan fingerprint density at radius 2 is 2.00 bits per heavy atom. The summed E-state index contributed by atoms with van der Waals surface area (Å²) in [4.78, 5) is 0. The van der Waals surface area contributed by atoms with Crippen LogP contribution in [0.25, 0.3) is 6.08 Å². The molecule has 1 aliphatic heterocycles. The molecule has 1 aromatic rings. The smallest absolute Gasteiger partial charge is 0.0401 e. The molecule has 0 spiro atoms. The number of benzene rings is 1. The first kappa shape index (κ1) is 22.4. The highest BCUT2D eigenvalue weighted by Crippen LogP contribution is 2.61. The van der Waals surface area contributed by atoms with Gasteiger partial charge in [-0.05, 0) is 102 Å². The van der Waals surface area contributed by atoms with Crippen LogP contribution in [0.5, 0.6) is 0 Å². The van der Waals surface area contributed by atoms with Crippen molar-refractivity contribution >= 4 is 6.08 Å². The molecule has 1 fully saturated rings. The number of fused-ring (bicyclic) bond motifs is 2. The zero-order chi connectivity index (χ0) is 22.0. The largest absolute Gasteiger partial charge is 0.387 e. The first-order valence-electron chi connectivity index (χ1n) is 12.9. The summed E-state index contributed by atoms with van der Waals surface area (Å²) in [6.45, 7) is 13.1. The van der Waals surface area contributed by atoms with Gasteiger partial charge in [-0.2, -0.15) is 0 Å². The molecule has 168 valence electrons. The third kappa shape index (κ3) is 4.18. The Kier molecular flexibility index (Phi) is 6.80. The van der Waals surface area contributed by atoms with Gasteiger partial charge in [-0.3, -0.25) is 0 Å². The van der Waals surface area contributed by atoms with E-state index in [1.807, 2.05) is 0 Å². The lowest BCUT2D eigenvalue weighted by molar-refractivity contribution is 0.152. The predicted molar refractivity (Wildman–Crippen MR) is 135 cm³/mol. The number of nitrogens with one attached hydrogen (secondary N) is 1. The van der Waals surface area contributed by atoms with Gasteiger partial charge >= 0.3 is 0 Å². The van der Waals surface area contributed by atoms with E-state index < -0.39 is 0 Å². The second kappa shape index (κ2) is 9.39. The van der Waals surface area contributed by atoms with E-state index in [2.05, 4.69) is 82.6 Å². The Balaban J connectivity index is 1.61. The summed E-state index contributed by atoms with van der Waals surface area (Å²) >= 11 is 0. The molecule has 1 saturated carbocycles. The summed E-state index contributed by atoms with van der Waals surface area (Å²) in [6, 6.07) is 7.27. The lowest BCUT2D eigenvalue weighted by Gasteiger charge is -2.44. The van der Waals surface area contributed by atoms with Crippen molar-refractivity contribution in [3.05, 3.63) is 64.4 Å². The number of rotatable bonds is 7. The van der Waals surface area contributed by atoms with Crippen molar-refractivity contribution in [1.29, 1.82) is 0 Å². The molecule has 1 nitrogen and oxygen atoms in total. The molecular weight excluding hydrogens is 374 g/mol. The van der Waals surface area contributed by atoms with Gasteiger partial charge < -0.3 is 5.32 Å². The standard InChI is InChI=1S/C30H43N/c1-6-9-25(22(7-2)8-3)18-24-14-16-30(5)28(21(24)4)12-13-29(30)26-11-10-23-15-17-31-20-27(23)19-26/h10-11,14-15,17-19,21-22,28-29,31H,6-9,12-13,16,20H2,1-5H3/b25-18-/t21?,28?,29?,30-/m0/s1. The molecule has 1 N–H and O–H groups in total. The first-order valence-corrected chi connectivity index (χ1v) is 12.9. The van der Waals surface area contributed by atoms with Crippen molar-refractivity contribution in [2.45, 2.75) is 92.0 Å². The molecule has 1 heteroatoms. The topological polar surface area (TPSA) is 12.0 Å². The zero-order valence-electron chi connectivity index (χ0n) is 20.5. The lowest BCUT2D eigenvalue weighted by atomic mass is 9.61. The third-order valence-corrected chi connectivity index (χ3v) is 8.96. The van der Waals surface area contributed by atoms with Crippen LogP contribution in [0, 0.1) is 23.2 Å². The Labute approximate surface area is 191 Å². The normalized spacial score (nSPS) is 30.1. The van der Waals surface area contributed by atoms with Gasteiger partial charge in [0.1, 0.15) is 0 Å². The van der Waals surface area contributed by atoms with Gasteiger partial charge in [0.2, 0.25) is 0 Å². The zero-order valence-corrected chi connectivity index (χ0v) is 20.5. The molecule has 1 heterocycles. The van der Waals surface area contributed by atoms with E-state index in [1.54, 1.807) is 16.7 Å². The van der Waals surface area contributed by atoms with Crippen LogP contribution in [0.3, 0.4) is 0 Å². The SMILES string of the molecule is CCC/C(=C/C1=CC[C@]2(C)C(c3ccc4c(c3)CNC=C4)CCC2C1C)C(CC)CC. The number of hydrogen-bond donors (Lipinski definition) is 1. The van der Waals surface area contributed by atoms with Crippen molar-refractivity contribution in [1.82, 2.24) is 5.32 Å². The predicted octanol–water partition coefficient (Wildman–Crippen LogP) is 8.39. The number of hydrogen-bond acceptors (Lipinski definition) is 1. The van der Waals surface area contributed by atoms with Crippen molar-refractivity contribution in [2.24, 2.45) is 23.2 Å². The molecule has 31 heavy (non-hydrogen) atoms. The van der Waals surface area contributed by atoms with Crippen LogP contribution in [0.15, 0.2) is 47.7 Å². The Morgan fingerprint density at radius 3 is 2.74 bits per heavy atom. The maximum Gasteiger partial charge on any atom is 0.0401 e. The maximum absolute atomic E-state index is 3.39. The fraction of sp³-hybridized carbons (Fsp3) is 0.600. The molecular formula is C30H43N. The van der Waals surface area contributed by atoms with E-state index in [0.717, 1.165) is 18.4 Å². The minimum absolute atomic E-state index is 0.392. The van der Waals surface area contributed by atoms with Gasteiger partial charge in [0.25, 0.3) is 0 Å². The molecule has 0 bridgehead atoms. The van der Waals surface area contributed by atoms with Gasteiger partial charge in [0, 0.05) is 6.54 Å². The second-order valence-electron chi connectivity index (χ2n) is 10.6.